The van der Waals surface area contributed by atoms with Gasteiger partial charge in [0.1, 0.15) is 0 Å². The van der Waals surface area contributed by atoms with Gasteiger partial charge in [0.05, 0.1) is 6.61 Å². The summed E-state index contributed by atoms with van der Waals surface area (Å²) in [6, 6.07) is 1.96. The second kappa shape index (κ2) is 7.61. The molecule has 19 heavy (non-hydrogen) atoms. The average molecular weight is 270 g/mol. The molecule has 3 nitrogen and oxygen atoms in total. The maximum absolute atomic E-state index is 9.71. The molecule has 0 aromatic rings. The molecular formula is C16H34N2O. The Hall–Kier alpha value is -0.120. The lowest BCUT2D eigenvalue weighted by Crippen LogP contribution is -2.52. The lowest BCUT2D eigenvalue weighted by Gasteiger charge is -2.39. The summed E-state index contributed by atoms with van der Waals surface area (Å²) < 4.78 is 0. The molecule has 3 heteroatoms. The molecule has 4 atom stereocenters. The highest BCUT2D eigenvalue weighted by Crippen LogP contribution is 2.30. The maximum Gasteiger partial charge on any atom is 0.0611 e. The normalized spacial score (nSPS) is 29.4. The van der Waals surface area contributed by atoms with E-state index in [1.54, 1.807) is 0 Å². The van der Waals surface area contributed by atoms with Crippen LogP contribution in [0.15, 0.2) is 0 Å². The quantitative estimate of drug-likeness (QED) is 0.712. The molecule has 0 aliphatic carbocycles. The number of nitrogens with one attached hydrogen (secondary N) is 1. The second-order valence-corrected chi connectivity index (χ2v) is 6.63. The van der Waals surface area contributed by atoms with E-state index < -0.39 is 0 Å². The molecule has 2 N–H and O–H groups in total. The van der Waals surface area contributed by atoms with Crippen LogP contribution in [0.3, 0.4) is 0 Å². The van der Waals surface area contributed by atoms with Gasteiger partial charge in [-0.2, -0.15) is 0 Å². The highest BCUT2D eigenvalue weighted by molar-refractivity contribution is 4.93. The second-order valence-electron chi connectivity index (χ2n) is 6.63. The van der Waals surface area contributed by atoms with Gasteiger partial charge in [-0.05, 0) is 59.4 Å². The summed E-state index contributed by atoms with van der Waals surface area (Å²) in [6.45, 7) is 12.5. The third-order valence-corrected chi connectivity index (χ3v) is 4.73. The molecule has 1 fully saturated rings. The minimum atomic E-state index is -0.143. The molecule has 0 radical (unpaired) electrons. The van der Waals surface area contributed by atoms with E-state index in [9.17, 15) is 5.11 Å². The molecule has 4 unspecified atom stereocenters. The molecule has 0 saturated carbocycles. The van der Waals surface area contributed by atoms with Gasteiger partial charge in [-0.25, -0.2) is 0 Å². The van der Waals surface area contributed by atoms with Crippen molar-refractivity contribution >= 4 is 0 Å². The van der Waals surface area contributed by atoms with Crippen LogP contribution in [-0.4, -0.2) is 46.8 Å². The van der Waals surface area contributed by atoms with E-state index in [4.69, 9.17) is 0 Å². The van der Waals surface area contributed by atoms with Crippen LogP contribution in [0.25, 0.3) is 0 Å². The molecule has 1 rings (SSSR count). The van der Waals surface area contributed by atoms with Crippen molar-refractivity contribution in [2.75, 3.05) is 13.2 Å². The number of hydrogen-bond donors (Lipinski definition) is 2. The predicted molar refractivity (Wildman–Crippen MR) is 82.5 cm³/mol. The zero-order valence-corrected chi connectivity index (χ0v) is 13.6. The SMILES string of the molecule is CCCNC(C)(CO)CC(C)N1C(C)CCC1CC. The molecule has 0 aromatic carbocycles. The summed E-state index contributed by atoms with van der Waals surface area (Å²) in [5.41, 5.74) is -0.143. The van der Waals surface area contributed by atoms with Crippen LogP contribution in [-0.2, 0) is 0 Å². The summed E-state index contributed by atoms with van der Waals surface area (Å²) in [4.78, 5) is 2.68. The Morgan fingerprint density at radius 2 is 2.05 bits per heavy atom. The molecule has 1 saturated heterocycles. The Kier molecular flexibility index (Phi) is 6.78. The predicted octanol–water partition coefficient (Wildman–Crippen LogP) is 2.78. The first-order chi connectivity index (χ1) is 8.97. The number of likely N-dealkylation sites (tertiary alicyclic amines) is 1. The van der Waals surface area contributed by atoms with Gasteiger partial charge in [0.15, 0.2) is 0 Å². The lowest BCUT2D eigenvalue weighted by molar-refractivity contribution is 0.0866. The Balaban J connectivity index is 2.62. The summed E-state index contributed by atoms with van der Waals surface area (Å²) in [5.74, 6) is 0. The molecule has 1 aliphatic heterocycles. The first-order valence-corrected chi connectivity index (χ1v) is 8.10. The standard InChI is InChI=1S/C16H34N2O/c1-6-10-17-16(5,12-19)11-14(4)18-13(3)8-9-15(18)7-2/h13-15,17,19H,6-12H2,1-5H3. The van der Waals surface area contributed by atoms with Crippen LogP contribution >= 0.6 is 0 Å². The van der Waals surface area contributed by atoms with Crippen LogP contribution in [0.4, 0.5) is 0 Å². The topological polar surface area (TPSA) is 35.5 Å². The van der Waals surface area contributed by atoms with Crippen LogP contribution < -0.4 is 5.32 Å². The Bertz CT molecular complexity index is 259. The van der Waals surface area contributed by atoms with Crippen molar-refractivity contribution in [1.82, 2.24) is 10.2 Å². The highest BCUT2D eigenvalue weighted by Gasteiger charge is 2.36. The van der Waals surface area contributed by atoms with Crippen LogP contribution in [0.5, 0.6) is 0 Å². The number of nitrogens with zero attached hydrogens (tertiary/aromatic N) is 1. The van der Waals surface area contributed by atoms with Crippen molar-refractivity contribution in [2.45, 2.75) is 90.4 Å². The number of aliphatic hydroxyl groups excluding tert-OH is 1. The summed E-state index contributed by atoms with van der Waals surface area (Å²) >= 11 is 0. The third kappa shape index (κ3) is 4.44. The van der Waals surface area contributed by atoms with E-state index in [0.717, 1.165) is 25.4 Å². The van der Waals surface area contributed by atoms with E-state index in [1.165, 1.54) is 19.3 Å². The highest BCUT2D eigenvalue weighted by atomic mass is 16.3. The van der Waals surface area contributed by atoms with Crippen molar-refractivity contribution in [3.63, 3.8) is 0 Å². The molecule has 0 spiro atoms. The average Bonchev–Trinajstić information content (AvgIpc) is 2.77. The molecule has 0 bridgehead atoms. The summed E-state index contributed by atoms with van der Waals surface area (Å²) in [6.07, 6.45) is 6.03. The van der Waals surface area contributed by atoms with E-state index in [2.05, 4.69) is 44.8 Å². The Morgan fingerprint density at radius 3 is 2.58 bits per heavy atom. The van der Waals surface area contributed by atoms with Gasteiger partial charge in [-0.1, -0.05) is 13.8 Å². The molecular weight excluding hydrogens is 236 g/mol. The monoisotopic (exact) mass is 270 g/mol. The molecule has 1 aliphatic rings. The smallest absolute Gasteiger partial charge is 0.0611 e. The van der Waals surface area contributed by atoms with Crippen molar-refractivity contribution < 1.29 is 5.11 Å². The fourth-order valence-electron chi connectivity index (χ4n) is 3.68. The van der Waals surface area contributed by atoms with Gasteiger partial charge in [0.2, 0.25) is 0 Å². The number of hydrogen-bond acceptors (Lipinski definition) is 3. The molecule has 114 valence electrons. The van der Waals surface area contributed by atoms with Gasteiger partial charge in [-0.15, -0.1) is 0 Å². The van der Waals surface area contributed by atoms with Crippen molar-refractivity contribution in [3.8, 4) is 0 Å². The number of rotatable bonds is 8. The van der Waals surface area contributed by atoms with Crippen LogP contribution in [0, 0.1) is 0 Å². The molecule has 1 heterocycles. The van der Waals surface area contributed by atoms with Gasteiger partial charge in [-0.3, -0.25) is 4.90 Å². The summed E-state index contributed by atoms with van der Waals surface area (Å²) in [7, 11) is 0. The fourth-order valence-corrected chi connectivity index (χ4v) is 3.68. The van der Waals surface area contributed by atoms with Gasteiger partial charge in [0, 0.05) is 23.7 Å². The van der Waals surface area contributed by atoms with E-state index in [-0.39, 0.29) is 12.1 Å². The zero-order valence-electron chi connectivity index (χ0n) is 13.6. The van der Waals surface area contributed by atoms with Gasteiger partial charge >= 0.3 is 0 Å². The third-order valence-electron chi connectivity index (χ3n) is 4.73. The van der Waals surface area contributed by atoms with Crippen LogP contribution in [0.2, 0.25) is 0 Å². The minimum absolute atomic E-state index is 0.143. The zero-order chi connectivity index (χ0) is 14.5. The van der Waals surface area contributed by atoms with Gasteiger partial charge < -0.3 is 10.4 Å². The maximum atomic E-state index is 9.71. The minimum Gasteiger partial charge on any atom is -0.394 e. The summed E-state index contributed by atoms with van der Waals surface area (Å²) in [5, 5.41) is 13.2. The molecule has 0 aromatic heterocycles. The van der Waals surface area contributed by atoms with E-state index in [0.29, 0.717) is 12.1 Å². The first-order valence-electron chi connectivity index (χ1n) is 8.10. The Labute approximate surface area is 119 Å². The molecule has 0 amide bonds. The van der Waals surface area contributed by atoms with Crippen molar-refractivity contribution in [2.24, 2.45) is 0 Å². The lowest BCUT2D eigenvalue weighted by atomic mass is 9.92. The van der Waals surface area contributed by atoms with Gasteiger partial charge in [0.25, 0.3) is 0 Å². The van der Waals surface area contributed by atoms with Crippen LogP contribution in [0.1, 0.15) is 66.7 Å². The first kappa shape index (κ1) is 16.9. The van der Waals surface area contributed by atoms with E-state index in [1.807, 2.05) is 0 Å². The van der Waals surface area contributed by atoms with Crippen molar-refractivity contribution in [1.29, 1.82) is 0 Å². The largest absolute Gasteiger partial charge is 0.394 e. The number of aliphatic hydroxyl groups is 1. The fraction of sp³-hybridized carbons (Fsp3) is 1.00. The Morgan fingerprint density at radius 1 is 1.37 bits per heavy atom. The van der Waals surface area contributed by atoms with E-state index >= 15 is 0 Å². The van der Waals surface area contributed by atoms with Crippen molar-refractivity contribution in [3.05, 3.63) is 0 Å².